The van der Waals surface area contributed by atoms with E-state index in [4.69, 9.17) is 4.74 Å². The average molecular weight is 338 g/mol. The zero-order valence-electron chi connectivity index (χ0n) is 14.5. The van der Waals surface area contributed by atoms with Crippen molar-refractivity contribution in [2.45, 2.75) is 32.6 Å². The molecule has 2 aromatic carbocycles. The van der Waals surface area contributed by atoms with Crippen LogP contribution in [0.2, 0.25) is 0 Å². The normalized spacial score (nSPS) is 22.3. The third-order valence-corrected chi connectivity index (χ3v) is 5.78. The Morgan fingerprint density at radius 2 is 2.04 bits per heavy atom. The van der Waals surface area contributed by atoms with Gasteiger partial charge in [0.15, 0.2) is 5.78 Å². The van der Waals surface area contributed by atoms with Gasteiger partial charge in [0, 0.05) is 16.9 Å². The fraction of sp³-hybridized carbons (Fsp3) is 0.381. The number of rotatable bonds is 2. The van der Waals surface area contributed by atoms with Crippen LogP contribution in [0.15, 0.2) is 29.8 Å². The molecule has 130 valence electrons. The van der Waals surface area contributed by atoms with E-state index in [1.165, 1.54) is 12.7 Å². The van der Waals surface area contributed by atoms with Crippen LogP contribution in [0.3, 0.4) is 0 Å². The number of ether oxygens (including phenoxy) is 1. The second kappa shape index (κ2) is 5.80. The summed E-state index contributed by atoms with van der Waals surface area (Å²) in [6, 6.07) is 5.24. The Balaban J connectivity index is 1.97. The minimum absolute atomic E-state index is 0.0572. The van der Waals surface area contributed by atoms with E-state index in [-0.39, 0.29) is 34.7 Å². The van der Waals surface area contributed by atoms with Crippen LogP contribution in [0.25, 0.3) is 10.8 Å². The predicted octanol–water partition coefficient (Wildman–Crippen LogP) is 4.36. The number of aromatic hydroxyl groups is 2. The fourth-order valence-electron chi connectivity index (χ4n) is 4.46. The molecule has 4 heteroatoms. The molecule has 0 spiro atoms. The number of Topliss-reactive ketones (excluding diaryl/α,β-unsaturated/α-hetero) is 1. The number of carbonyl (C=O) groups is 1. The highest BCUT2D eigenvalue weighted by atomic mass is 16.5. The average Bonchev–Trinajstić information content (AvgIpc) is 2.64. The van der Waals surface area contributed by atoms with Crippen molar-refractivity contribution in [1.82, 2.24) is 0 Å². The van der Waals surface area contributed by atoms with Gasteiger partial charge in [-0.15, -0.1) is 0 Å². The number of phenols is 2. The Bertz CT molecular complexity index is 910. The van der Waals surface area contributed by atoms with Gasteiger partial charge in [-0.05, 0) is 37.7 Å². The van der Waals surface area contributed by atoms with Crippen LogP contribution in [0.5, 0.6) is 17.2 Å². The highest BCUT2D eigenvalue weighted by molar-refractivity contribution is 6.11. The first-order chi connectivity index (χ1) is 12.1. The minimum atomic E-state index is -0.111. The lowest BCUT2D eigenvalue weighted by atomic mass is 9.68. The Hall–Kier alpha value is -2.49. The molecule has 4 rings (SSSR count). The van der Waals surface area contributed by atoms with Crippen LogP contribution in [0.4, 0.5) is 0 Å². The third kappa shape index (κ3) is 2.24. The number of hydrogen-bond donors (Lipinski definition) is 2. The lowest BCUT2D eigenvalue weighted by molar-refractivity contribution is 0.0853. The molecular formula is C21H22O4. The van der Waals surface area contributed by atoms with Crippen LogP contribution < -0.4 is 4.74 Å². The summed E-state index contributed by atoms with van der Waals surface area (Å²) < 4.78 is 5.33. The van der Waals surface area contributed by atoms with Crippen molar-refractivity contribution in [1.29, 1.82) is 0 Å². The molecule has 2 unspecified atom stereocenters. The Kier molecular flexibility index (Phi) is 3.71. The molecule has 0 saturated heterocycles. The number of allylic oxidation sites excluding steroid dienone is 2. The number of carbonyl (C=O) groups excluding carboxylic acids is 1. The van der Waals surface area contributed by atoms with Gasteiger partial charge in [0.05, 0.1) is 18.1 Å². The van der Waals surface area contributed by atoms with Crippen molar-refractivity contribution in [2.24, 2.45) is 11.8 Å². The predicted molar refractivity (Wildman–Crippen MR) is 96.5 cm³/mol. The Labute approximate surface area is 146 Å². The van der Waals surface area contributed by atoms with Crippen molar-refractivity contribution in [3.63, 3.8) is 0 Å². The highest BCUT2D eigenvalue weighted by Crippen LogP contribution is 2.50. The summed E-state index contributed by atoms with van der Waals surface area (Å²) in [7, 11) is 1.51. The van der Waals surface area contributed by atoms with E-state index >= 15 is 0 Å². The van der Waals surface area contributed by atoms with Crippen LogP contribution >= 0.6 is 0 Å². The number of hydrogen-bond acceptors (Lipinski definition) is 4. The van der Waals surface area contributed by atoms with Gasteiger partial charge in [-0.3, -0.25) is 4.79 Å². The zero-order chi connectivity index (χ0) is 17.7. The molecule has 0 radical (unpaired) electrons. The summed E-state index contributed by atoms with van der Waals surface area (Å²) in [6.45, 7) is 2.13. The zero-order valence-corrected chi connectivity index (χ0v) is 14.5. The summed E-state index contributed by atoms with van der Waals surface area (Å²) in [5, 5.41) is 22.6. The van der Waals surface area contributed by atoms with E-state index in [1.807, 2.05) is 0 Å². The number of benzene rings is 2. The van der Waals surface area contributed by atoms with Crippen molar-refractivity contribution >= 4 is 16.6 Å². The van der Waals surface area contributed by atoms with Gasteiger partial charge in [0.25, 0.3) is 0 Å². The smallest absolute Gasteiger partial charge is 0.170 e. The lowest BCUT2D eigenvalue weighted by Crippen LogP contribution is -2.33. The number of ketones is 1. The standard InChI is InChI=1S/C21H22O4/c1-3-11-7-8-13-12(9-11)10-15-18(20(13)23)21(24)17-14(19(15)22)5-4-6-16(17)25-2/h4-6,9,12-13,22,24H,3,7-8,10H2,1-2H3. The summed E-state index contributed by atoms with van der Waals surface area (Å²) in [4.78, 5) is 13.1. The molecule has 0 saturated carbocycles. The maximum atomic E-state index is 13.1. The van der Waals surface area contributed by atoms with Crippen molar-refractivity contribution in [3.8, 4) is 17.2 Å². The molecular weight excluding hydrogens is 316 g/mol. The van der Waals surface area contributed by atoms with E-state index in [1.54, 1.807) is 18.2 Å². The van der Waals surface area contributed by atoms with Crippen LogP contribution in [0.1, 0.15) is 42.1 Å². The number of methoxy groups -OCH3 is 1. The molecule has 0 amide bonds. The Morgan fingerprint density at radius 1 is 1.24 bits per heavy atom. The lowest BCUT2D eigenvalue weighted by Gasteiger charge is -2.35. The molecule has 4 nitrogen and oxygen atoms in total. The molecule has 0 bridgehead atoms. The van der Waals surface area contributed by atoms with Gasteiger partial charge in [-0.2, -0.15) is 0 Å². The monoisotopic (exact) mass is 338 g/mol. The third-order valence-electron chi connectivity index (χ3n) is 5.78. The van der Waals surface area contributed by atoms with Crippen LogP contribution in [-0.4, -0.2) is 23.1 Å². The summed E-state index contributed by atoms with van der Waals surface area (Å²) >= 11 is 0. The van der Waals surface area contributed by atoms with Gasteiger partial charge in [0.2, 0.25) is 0 Å². The van der Waals surface area contributed by atoms with Crippen molar-refractivity contribution in [3.05, 3.63) is 41.0 Å². The van der Waals surface area contributed by atoms with E-state index in [9.17, 15) is 15.0 Å². The Morgan fingerprint density at radius 3 is 2.76 bits per heavy atom. The van der Waals surface area contributed by atoms with E-state index in [2.05, 4.69) is 13.0 Å². The van der Waals surface area contributed by atoms with Gasteiger partial charge >= 0.3 is 0 Å². The largest absolute Gasteiger partial charge is 0.507 e. The molecule has 2 atom stereocenters. The minimum Gasteiger partial charge on any atom is -0.507 e. The van der Waals surface area contributed by atoms with Crippen molar-refractivity contribution in [2.75, 3.05) is 7.11 Å². The maximum Gasteiger partial charge on any atom is 0.170 e. The topological polar surface area (TPSA) is 66.8 Å². The first kappa shape index (κ1) is 16.0. The molecule has 0 aromatic heterocycles. The molecule has 2 aliphatic carbocycles. The van der Waals surface area contributed by atoms with Gasteiger partial charge in [-0.25, -0.2) is 0 Å². The van der Waals surface area contributed by atoms with Gasteiger partial charge < -0.3 is 14.9 Å². The van der Waals surface area contributed by atoms with E-state index in [0.29, 0.717) is 28.5 Å². The van der Waals surface area contributed by atoms with Crippen LogP contribution in [-0.2, 0) is 6.42 Å². The first-order valence-electron chi connectivity index (χ1n) is 8.84. The molecule has 0 fully saturated rings. The van der Waals surface area contributed by atoms with E-state index < -0.39 is 0 Å². The molecule has 2 aliphatic rings. The summed E-state index contributed by atoms with van der Waals surface area (Å²) in [5.41, 5.74) is 2.23. The number of phenolic OH excluding ortho intramolecular Hbond substituents is 2. The quantitative estimate of drug-likeness (QED) is 0.631. The van der Waals surface area contributed by atoms with Crippen molar-refractivity contribution < 1.29 is 19.7 Å². The molecule has 0 heterocycles. The molecule has 2 N–H and O–H groups in total. The van der Waals surface area contributed by atoms with Gasteiger partial charge in [-0.1, -0.05) is 30.7 Å². The fourth-order valence-corrected chi connectivity index (χ4v) is 4.46. The summed E-state index contributed by atoms with van der Waals surface area (Å²) in [5.74, 6) is 0.426. The van der Waals surface area contributed by atoms with Crippen LogP contribution in [0, 0.1) is 11.8 Å². The van der Waals surface area contributed by atoms with Gasteiger partial charge in [0.1, 0.15) is 17.2 Å². The highest BCUT2D eigenvalue weighted by Gasteiger charge is 2.40. The molecule has 0 aliphatic heterocycles. The maximum absolute atomic E-state index is 13.1. The summed E-state index contributed by atoms with van der Waals surface area (Å²) in [6.07, 6.45) is 5.54. The van der Waals surface area contributed by atoms with E-state index in [0.717, 1.165) is 19.3 Å². The SMILES string of the molecule is CCC1=CC2Cc3c(c(O)c4c(OC)cccc4c3O)C(=O)C2CC1. The first-order valence-corrected chi connectivity index (χ1v) is 8.84. The second-order valence-electron chi connectivity index (χ2n) is 6.99. The number of fused-ring (bicyclic) bond motifs is 3. The second-order valence-corrected chi connectivity index (χ2v) is 6.99. The molecule has 2 aromatic rings. The molecule has 25 heavy (non-hydrogen) atoms.